The molecule has 0 atom stereocenters. The Morgan fingerprint density at radius 2 is 0.933 bits per heavy atom. The molecule has 0 amide bonds. The van der Waals surface area contributed by atoms with Gasteiger partial charge in [-0.15, -0.1) is 68.0 Å². The first-order chi connectivity index (χ1) is 14.1. The Morgan fingerprint density at radius 1 is 0.533 bits per heavy atom. The summed E-state index contributed by atoms with van der Waals surface area (Å²) < 4.78 is 12.3. The van der Waals surface area contributed by atoms with Gasteiger partial charge in [-0.3, -0.25) is 0 Å². The Hall–Kier alpha value is -0.326. The molecule has 0 fully saturated rings. The lowest BCUT2D eigenvalue weighted by Crippen LogP contribution is -2.34. The van der Waals surface area contributed by atoms with Crippen molar-refractivity contribution in [3.8, 4) is 11.1 Å². The van der Waals surface area contributed by atoms with Crippen molar-refractivity contribution in [1.29, 1.82) is 0 Å². The summed E-state index contributed by atoms with van der Waals surface area (Å²) in [5.41, 5.74) is 2.92. The minimum atomic E-state index is -1.24. The van der Waals surface area contributed by atoms with E-state index in [1.807, 2.05) is 45.3 Å². The molecule has 0 saturated carbocycles. The first-order valence-corrected chi connectivity index (χ1v) is 22.0. The summed E-state index contributed by atoms with van der Waals surface area (Å²) in [7, 11) is -2.48. The fourth-order valence-electron chi connectivity index (χ4n) is 3.78. The molecule has 30 heavy (non-hydrogen) atoms. The van der Waals surface area contributed by atoms with E-state index in [1.165, 1.54) is 48.7 Å². The van der Waals surface area contributed by atoms with Crippen molar-refractivity contribution in [2.75, 3.05) is 0 Å². The van der Waals surface area contributed by atoms with Crippen LogP contribution in [-0.4, -0.2) is 16.1 Å². The molecular weight excluding hydrogens is 513 g/mol. The molecule has 0 aliphatic rings. The van der Waals surface area contributed by atoms with Gasteiger partial charge in [-0.05, 0) is 21.1 Å². The predicted octanol–water partition coefficient (Wildman–Crippen LogP) is 9.43. The maximum absolute atomic E-state index is 2.51. The van der Waals surface area contributed by atoms with Gasteiger partial charge in [0.1, 0.15) is 0 Å². The third-order valence-electron chi connectivity index (χ3n) is 5.53. The van der Waals surface area contributed by atoms with Crippen LogP contribution in [-0.2, 0) is 0 Å². The molecule has 0 radical (unpaired) electrons. The first kappa shape index (κ1) is 20.3. The van der Waals surface area contributed by atoms with E-state index >= 15 is 0 Å². The van der Waals surface area contributed by atoms with Crippen molar-refractivity contribution in [1.82, 2.24) is 0 Å². The number of hydrogen-bond acceptors (Lipinski definition) is 6. The maximum Gasteiger partial charge on any atom is 0.0904 e. The molecule has 0 aliphatic carbocycles. The van der Waals surface area contributed by atoms with Gasteiger partial charge in [-0.2, -0.15) is 0 Å². The van der Waals surface area contributed by atoms with Crippen LogP contribution in [0.1, 0.15) is 0 Å². The van der Waals surface area contributed by atoms with Crippen molar-refractivity contribution in [2.24, 2.45) is 0 Å². The molecule has 6 heterocycles. The maximum atomic E-state index is 2.51. The molecule has 0 saturated heterocycles. The van der Waals surface area contributed by atoms with E-state index in [-0.39, 0.29) is 0 Å². The summed E-state index contributed by atoms with van der Waals surface area (Å²) >= 11 is 12.0. The third-order valence-corrected chi connectivity index (χ3v) is 19.9. The molecule has 154 valence electrons. The molecule has 0 nitrogen and oxygen atoms in total. The smallest absolute Gasteiger partial charge is 0.0904 e. The first-order valence-electron chi connectivity index (χ1n) is 9.99. The van der Waals surface area contributed by atoms with Gasteiger partial charge in [0.25, 0.3) is 0 Å². The second-order valence-electron chi connectivity index (χ2n) is 9.94. The molecule has 6 aromatic rings. The zero-order chi connectivity index (χ0) is 21.0. The van der Waals surface area contributed by atoms with Gasteiger partial charge in [-0.25, -0.2) is 0 Å². The Labute approximate surface area is 202 Å². The zero-order valence-electron chi connectivity index (χ0n) is 17.8. The summed E-state index contributed by atoms with van der Waals surface area (Å²) in [6.45, 7) is 14.7. The van der Waals surface area contributed by atoms with E-state index in [0.29, 0.717) is 0 Å². The minimum absolute atomic E-state index is 1.24. The molecule has 6 aromatic heterocycles. The number of thiophene rings is 6. The van der Waals surface area contributed by atoms with Crippen molar-refractivity contribution < 1.29 is 0 Å². The molecule has 0 N–H and O–H groups in total. The average Bonchev–Trinajstić information content (AvgIpc) is 3.39. The van der Waals surface area contributed by atoms with E-state index in [0.717, 1.165) is 0 Å². The minimum Gasteiger partial charge on any atom is -0.142 e. The average molecular weight is 535 g/mol. The predicted molar refractivity (Wildman–Crippen MR) is 155 cm³/mol. The highest BCUT2D eigenvalue weighted by Crippen LogP contribution is 2.51. The molecule has 0 bridgehead atoms. The second-order valence-corrected chi connectivity index (χ2v) is 27.2. The molecule has 8 heteroatoms. The van der Waals surface area contributed by atoms with Crippen LogP contribution >= 0.6 is 68.0 Å². The van der Waals surface area contributed by atoms with Gasteiger partial charge in [-0.1, -0.05) is 39.3 Å². The van der Waals surface area contributed by atoms with E-state index in [1.54, 1.807) is 9.00 Å². The highest BCUT2D eigenvalue weighted by molar-refractivity contribution is 7.49. The van der Waals surface area contributed by atoms with Crippen LogP contribution in [0.2, 0.25) is 39.3 Å². The van der Waals surface area contributed by atoms with Crippen molar-refractivity contribution in [3.05, 3.63) is 22.9 Å². The molecule has 0 spiro atoms. The van der Waals surface area contributed by atoms with Crippen molar-refractivity contribution >= 4 is 131 Å². The molecule has 0 unspecified atom stereocenters. The van der Waals surface area contributed by atoms with Crippen molar-refractivity contribution in [2.45, 2.75) is 39.3 Å². The van der Waals surface area contributed by atoms with Gasteiger partial charge < -0.3 is 0 Å². The number of hydrogen-bond donors (Lipinski definition) is 0. The quantitative estimate of drug-likeness (QED) is 0.198. The fraction of sp³-hybridized carbons (Fsp3) is 0.273. The van der Waals surface area contributed by atoms with Gasteiger partial charge in [0.15, 0.2) is 0 Å². The van der Waals surface area contributed by atoms with Crippen LogP contribution < -0.4 is 9.00 Å². The summed E-state index contributed by atoms with van der Waals surface area (Å²) in [4.78, 5) is 0. The Morgan fingerprint density at radius 3 is 1.30 bits per heavy atom. The normalized spacial score (nSPS) is 13.7. The number of fused-ring (bicyclic) bond motifs is 6. The Bertz CT molecular complexity index is 1450. The largest absolute Gasteiger partial charge is 0.142 e. The van der Waals surface area contributed by atoms with E-state index in [2.05, 4.69) is 84.8 Å². The van der Waals surface area contributed by atoms with Crippen LogP contribution in [0.25, 0.3) is 48.7 Å². The van der Waals surface area contributed by atoms with Crippen molar-refractivity contribution in [3.63, 3.8) is 0 Å². The standard InChI is InChI=1S/C22H22S6Si2/c1-29(2,3)15-7-11-17-19(27-21(11)25-15)13(9-23-17)14-10-24-18-12-8-16(30(4,5)6)26-22(12)28-20(14)18/h7-10H,1-6H3. The van der Waals surface area contributed by atoms with Crippen LogP contribution in [0.3, 0.4) is 0 Å². The summed E-state index contributed by atoms with van der Waals surface area (Å²) in [6, 6.07) is 5.02. The summed E-state index contributed by atoms with van der Waals surface area (Å²) in [5, 5.41) is 7.84. The van der Waals surface area contributed by atoms with Gasteiger partial charge in [0, 0.05) is 32.7 Å². The Kier molecular flexibility index (Phi) is 4.47. The van der Waals surface area contributed by atoms with Crippen LogP contribution in [0.15, 0.2) is 22.9 Å². The molecule has 0 aromatic carbocycles. The summed E-state index contributed by atoms with van der Waals surface area (Å²) in [6.07, 6.45) is 0. The third kappa shape index (κ3) is 2.95. The fourth-order valence-corrected chi connectivity index (χ4v) is 15.9. The zero-order valence-corrected chi connectivity index (χ0v) is 24.7. The lowest BCUT2D eigenvalue weighted by Gasteiger charge is -2.12. The topological polar surface area (TPSA) is 0 Å². The van der Waals surface area contributed by atoms with E-state index in [4.69, 9.17) is 0 Å². The lowest BCUT2D eigenvalue weighted by molar-refractivity contribution is 1.79. The van der Waals surface area contributed by atoms with E-state index < -0.39 is 16.1 Å². The van der Waals surface area contributed by atoms with E-state index in [9.17, 15) is 0 Å². The monoisotopic (exact) mass is 534 g/mol. The second kappa shape index (κ2) is 6.60. The highest BCUT2D eigenvalue weighted by Gasteiger charge is 2.25. The SMILES string of the molecule is C[Si](C)(C)c1cc2c(s1)sc1c(-c3csc4c3sc3sc([Si](C)(C)C)cc34)csc12. The molecule has 6 rings (SSSR count). The molecule has 0 aliphatic heterocycles. The van der Waals surface area contributed by atoms with Gasteiger partial charge >= 0.3 is 0 Å². The summed E-state index contributed by atoms with van der Waals surface area (Å²) in [5.74, 6) is 0. The number of rotatable bonds is 3. The highest BCUT2D eigenvalue weighted by atomic mass is 32.2. The lowest BCUT2D eigenvalue weighted by atomic mass is 10.1. The van der Waals surface area contributed by atoms with Gasteiger partial charge in [0.2, 0.25) is 0 Å². The van der Waals surface area contributed by atoms with Crippen LogP contribution in [0.5, 0.6) is 0 Å². The van der Waals surface area contributed by atoms with Crippen LogP contribution in [0.4, 0.5) is 0 Å². The Balaban J connectivity index is 1.53. The molecular formula is C22H22S6Si2. The van der Waals surface area contributed by atoms with Crippen LogP contribution in [0, 0.1) is 0 Å². The van der Waals surface area contributed by atoms with Gasteiger partial charge in [0.05, 0.1) is 43.0 Å².